The second-order valence-electron chi connectivity index (χ2n) is 1.52. The lowest BCUT2D eigenvalue weighted by molar-refractivity contribution is -0.143. The third-order valence-corrected chi connectivity index (χ3v) is 1.28. The lowest BCUT2D eigenvalue weighted by Gasteiger charge is -1.97. The van der Waals surface area contributed by atoms with Crippen molar-refractivity contribution in [3.8, 4) is 0 Å². The molecular formula is C5H6Cl2O3. The Morgan fingerprint density at radius 3 is 2.30 bits per heavy atom. The van der Waals surface area contributed by atoms with Crippen molar-refractivity contribution in [2.24, 2.45) is 0 Å². The minimum Gasteiger partial charge on any atom is -0.469 e. The van der Waals surface area contributed by atoms with Crippen LogP contribution >= 0.6 is 23.2 Å². The lowest BCUT2D eigenvalue weighted by atomic mass is 10.3. The van der Waals surface area contributed by atoms with Crippen LogP contribution in [0.25, 0.3) is 0 Å². The summed E-state index contributed by atoms with van der Waals surface area (Å²) in [4.78, 5) is 19.8. The maximum absolute atomic E-state index is 10.5. The summed E-state index contributed by atoms with van der Waals surface area (Å²) in [6.07, 6.45) is -0.367. The molecule has 0 aliphatic heterocycles. The number of ketones is 1. The van der Waals surface area contributed by atoms with Gasteiger partial charge >= 0.3 is 5.97 Å². The maximum Gasteiger partial charge on any atom is 0.313 e. The number of hydrogen-bond donors (Lipinski definition) is 0. The molecule has 5 heteroatoms. The summed E-state index contributed by atoms with van der Waals surface area (Å²) in [5, 5.41) is 0. The second-order valence-corrected chi connectivity index (χ2v) is 2.62. The molecular weight excluding hydrogens is 179 g/mol. The molecule has 0 fully saturated rings. The monoisotopic (exact) mass is 184 g/mol. The van der Waals surface area contributed by atoms with Crippen molar-refractivity contribution in [3.63, 3.8) is 0 Å². The van der Waals surface area contributed by atoms with Crippen molar-refractivity contribution in [2.45, 2.75) is 11.3 Å². The van der Waals surface area contributed by atoms with E-state index in [2.05, 4.69) is 4.74 Å². The van der Waals surface area contributed by atoms with Crippen LogP contribution in [0, 0.1) is 0 Å². The molecule has 0 N–H and O–H groups in total. The molecule has 0 aliphatic rings. The Kier molecular flexibility index (Phi) is 4.40. The first-order valence-electron chi connectivity index (χ1n) is 2.45. The van der Waals surface area contributed by atoms with Gasteiger partial charge in [0.2, 0.25) is 0 Å². The number of hydrogen-bond acceptors (Lipinski definition) is 3. The molecule has 0 aliphatic carbocycles. The minimum absolute atomic E-state index is 0.367. The normalized spacial score (nSPS) is 9.60. The number of Topliss-reactive ketones (excluding diaryl/α,β-unsaturated/α-hetero) is 1. The Morgan fingerprint density at radius 2 is 2.00 bits per heavy atom. The molecule has 0 aromatic heterocycles. The molecule has 0 heterocycles. The zero-order valence-corrected chi connectivity index (χ0v) is 6.78. The van der Waals surface area contributed by atoms with E-state index in [0.717, 1.165) is 0 Å². The summed E-state index contributed by atoms with van der Waals surface area (Å²) >= 11 is 10.3. The molecule has 0 amide bonds. The lowest BCUT2D eigenvalue weighted by Crippen LogP contribution is -2.14. The van der Waals surface area contributed by atoms with Crippen molar-refractivity contribution >= 4 is 35.0 Å². The van der Waals surface area contributed by atoms with Gasteiger partial charge in [-0.3, -0.25) is 9.59 Å². The first-order valence-corrected chi connectivity index (χ1v) is 3.33. The van der Waals surface area contributed by atoms with Gasteiger partial charge in [0.1, 0.15) is 6.42 Å². The molecule has 3 nitrogen and oxygen atoms in total. The molecule has 0 saturated carbocycles. The molecule has 0 rings (SSSR count). The Balaban J connectivity index is 3.69. The van der Waals surface area contributed by atoms with E-state index >= 15 is 0 Å². The quantitative estimate of drug-likeness (QED) is 0.373. The average Bonchev–Trinajstić information content (AvgIpc) is 1.87. The van der Waals surface area contributed by atoms with E-state index in [1.807, 2.05) is 0 Å². The van der Waals surface area contributed by atoms with Crippen molar-refractivity contribution < 1.29 is 14.3 Å². The fourth-order valence-corrected chi connectivity index (χ4v) is 0.446. The Morgan fingerprint density at radius 1 is 1.50 bits per heavy atom. The number of methoxy groups -OCH3 is 1. The van der Waals surface area contributed by atoms with Gasteiger partial charge in [0.05, 0.1) is 7.11 Å². The van der Waals surface area contributed by atoms with Gasteiger partial charge in [-0.15, -0.1) is 0 Å². The zero-order valence-electron chi connectivity index (χ0n) is 5.27. The van der Waals surface area contributed by atoms with Crippen LogP contribution in [0.1, 0.15) is 6.42 Å². The zero-order chi connectivity index (χ0) is 8.15. The van der Waals surface area contributed by atoms with Crippen LogP contribution in [0.15, 0.2) is 0 Å². The highest BCUT2D eigenvalue weighted by atomic mass is 35.5. The fraction of sp³-hybridized carbons (Fsp3) is 0.600. The van der Waals surface area contributed by atoms with Crippen LogP contribution < -0.4 is 0 Å². The van der Waals surface area contributed by atoms with Crippen LogP contribution in [-0.2, 0) is 14.3 Å². The van der Waals surface area contributed by atoms with Gasteiger partial charge in [-0.05, 0) is 0 Å². The first-order chi connectivity index (χ1) is 4.57. The van der Waals surface area contributed by atoms with E-state index < -0.39 is 16.6 Å². The average molecular weight is 185 g/mol. The summed E-state index contributed by atoms with van der Waals surface area (Å²) in [5.74, 6) is -1.17. The standard InChI is InChI=1S/C5H6Cl2O3/c1-10-4(9)2-3(8)5(6)7/h5H,2H2,1H3. The van der Waals surface area contributed by atoms with Gasteiger partial charge in [0.25, 0.3) is 0 Å². The molecule has 0 radical (unpaired) electrons. The first kappa shape index (κ1) is 9.72. The van der Waals surface area contributed by atoms with Gasteiger partial charge in [-0.25, -0.2) is 0 Å². The van der Waals surface area contributed by atoms with E-state index in [1.54, 1.807) is 0 Å². The van der Waals surface area contributed by atoms with Crippen LogP contribution in [0.4, 0.5) is 0 Å². The van der Waals surface area contributed by atoms with E-state index in [1.165, 1.54) is 7.11 Å². The van der Waals surface area contributed by atoms with Crippen LogP contribution in [-0.4, -0.2) is 23.7 Å². The predicted octanol–water partition coefficient (Wildman–Crippen LogP) is 0.922. The summed E-state index contributed by atoms with van der Waals surface area (Å²) in [6, 6.07) is 0. The largest absolute Gasteiger partial charge is 0.469 e. The van der Waals surface area contributed by atoms with Crippen molar-refractivity contribution in [1.29, 1.82) is 0 Å². The minimum atomic E-state index is -1.14. The SMILES string of the molecule is COC(=O)CC(=O)C(Cl)Cl. The number of rotatable bonds is 3. The molecule has 0 saturated heterocycles. The summed E-state index contributed by atoms with van der Waals surface area (Å²) < 4.78 is 4.19. The highest BCUT2D eigenvalue weighted by molar-refractivity contribution is 6.54. The highest BCUT2D eigenvalue weighted by Crippen LogP contribution is 2.05. The second kappa shape index (κ2) is 4.52. The van der Waals surface area contributed by atoms with Crippen molar-refractivity contribution in [2.75, 3.05) is 7.11 Å². The van der Waals surface area contributed by atoms with Gasteiger partial charge < -0.3 is 4.74 Å². The molecule has 0 aromatic rings. The van der Waals surface area contributed by atoms with Gasteiger partial charge in [0.15, 0.2) is 10.6 Å². The maximum atomic E-state index is 10.5. The summed E-state index contributed by atoms with van der Waals surface area (Å²) in [5.41, 5.74) is 0. The molecule has 0 unspecified atom stereocenters. The predicted molar refractivity (Wildman–Crippen MR) is 37.1 cm³/mol. The van der Waals surface area contributed by atoms with Crippen molar-refractivity contribution in [1.82, 2.24) is 0 Å². The molecule has 10 heavy (non-hydrogen) atoms. The van der Waals surface area contributed by atoms with E-state index in [-0.39, 0.29) is 6.42 Å². The molecule has 0 aromatic carbocycles. The number of carbonyl (C=O) groups excluding carboxylic acids is 2. The topological polar surface area (TPSA) is 43.4 Å². The number of ether oxygens (including phenoxy) is 1. The number of esters is 1. The third-order valence-electron chi connectivity index (χ3n) is 0.790. The van der Waals surface area contributed by atoms with E-state index in [9.17, 15) is 9.59 Å². The van der Waals surface area contributed by atoms with Crippen molar-refractivity contribution in [3.05, 3.63) is 0 Å². The molecule has 0 atom stereocenters. The fourth-order valence-electron chi connectivity index (χ4n) is 0.292. The van der Waals surface area contributed by atoms with E-state index in [4.69, 9.17) is 23.2 Å². The van der Waals surface area contributed by atoms with Gasteiger partial charge in [-0.1, -0.05) is 23.2 Å². The highest BCUT2D eigenvalue weighted by Gasteiger charge is 2.15. The smallest absolute Gasteiger partial charge is 0.313 e. The molecule has 0 spiro atoms. The summed E-state index contributed by atoms with van der Waals surface area (Å²) in [7, 11) is 1.19. The number of carbonyl (C=O) groups is 2. The third kappa shape index (κ3) is 3.69. The number of halogens is 2. The van der Waals surface area contributed by atoms with Gasteiger partial charge in [0, 0.05) is 0 Å². The Labute approximate surface area is 68.2 Å². The molecule has 0 bridgehead atoms. The number of alkyl halides is 2. The Hall–Kier alpha value is -0.280. The Bertz CT molecular complexity index is 144. The molecule has 58 valence electrons. The van der Waals surface area contributed by atoms with E-state index in [0.29, 0.717) is 0 Å². The van der Waals surface area contributed by atoms with Gasteiger partial charge in [-0.2, -0.15) is 0 Å². The van der Waals surface area contributed by atoms with Crippen LogP contribution in [0.3, 0.4) is 0 Å². The summed E-state index contributed by atoms with van der Waals surface area (Å²) in [6.45, 7) is 0. The van der Waals surface area contributed by atoms with Crippen LogP contribution in [0.5, 0.6) is 0 Å². The van der Waals surface area contributed by atoms with Crippen LogP contribution in [0.2, 0.25) is 0 Å².